The predicted octanol–water partition coefficient (Wildman–Crippen LogP) is 4.47. The number of aliphatic imine (C=N–C) groups is 1. The summed E-state index contributed by atoms with van der Waals surface area (Å²) in [7, 11) is 1.80. The molecule has 0 atom stereocenters. The first kappa shape index (κ1) is 21.9. The Morgan fingerprint density at radius 3 is 2.44 bits per heavy atom. The summed E-state index contributed by atoms with van der Waals surface area (Å²) in [4.78, 5) is 6.94. The lowest BCUT2D eigenvalue weighted by atomic mass is 10.1. The van der Waals surface area contributed by atoms with E-state index in [1.54, 1.807) is 18.4 Å². The van der Waals surface area contributed by atoms with Crippen molar-refractivity contribution in [2.75, 3.05) is 13.7 Å². The fraction of sp³-hybridized carbons (Fsp3) is 0.421. The molecule has 1 aromatic carbocycles. The van der Waals surface area contributed by atoms with Crippen LogP contribution >= 0.6 is 35.3 Å². The van der Waals surface area contributed by atoms with Crippen molar-refractivity contribution in [2.45, 2.75) is 40.0 Å². The average Bonchev–Trinajstić information content (AvgIpc) is 3.02. The van der Waals surface area contributed by atoms with E-state index in [4.69, 9.17) is 4.74 Å². The van der Waals surface area contributed by atoms with Gasteiger partial charge >= 0.3 is 0 Å². The van der Waals surface area contributed by atoms with E-state index >= 15 is 0 Å². The van der Waals surface area contributed by atoms with Gasteiger partial charge in [0.15, 0.2) is 5.96 Å². The van der Waals surface area contributed by atoms with Crippen molar-refractivity contribution in [3.8, 4) is 0 Å². The zero-order valence-corrected chi connectivity index (χ0v) is 18.3. The number of nitrogens with one attached hydrogen (secondary N) is 2. The number of nitrogens with zero attached hydrogens (tertiary/aromatic N) is 1. The lowest BCUT2D eigenvalue weighted by Gasteiger charge is -2.14. The van der Waals surface area contributed by atoms with Crippen LogP contribution < -0.4 is 10.6 Å². The van der Waals surface area contributed by atoms with Crippen LogP contribution in [0, 0.1) is 6.92 Å². The van der Waals surface area contributed by atoms with Crippen LogP contribution in [0.5, 0.6) is 0 Å². The lowest BCUT2D eigenvalue weighted by molar-refractivity contribution is 0.121. The molecule has 0 aliphatic carbocycles. The minimum absolute atomic E-state index is 0. The van der Waals surface area contributed by atoms with Gasteiger partial charge < -0.3 is 15.4 Å². The normalized spacial score (nSPS) is 11.1. The first-order valence-electron chi connectivity index (χ1n) is 8.37. The summed E-state index contributed by atoms with van der Waals surface area (Å²) in [5.74, 6) is 0.810. The Labute approximate surface area is 172 Å². The molecule has 0 fully saturated rings. The van der Waals surface area contributed by atoms with Crippen molar-refractivity contribution >= 4 is 41.3 Å². The Balaban J connectivity index is 0.00000312. The minimum atomic E-state index is 0. The molecule has 0 aliphatic rings. The molecule has 0 bridgehead atoms. The average molecular weight is 473 g/mol. The monoisotopic (exact) mass is 473 g/mol. The molecule has 138 valence electrons. The molecule has 4 nitrogen and oxygen atoms in total. The van der Waals surface area contributed by atoms with Gasteiger partial charge in [-0.2, -0.15) is 0 Å². The second kappa shape index (κ2) is 12.3. The van der Waals surface area contributed by atoms with Crippen LogP contribution in [0.2, 0.25) is 0 Å². The molecule has 2 rings (SSSR count). The Kier molecular flexibility index (Phi) is 10.8. The van der Waals surface area contributed by atoms with E-state index in [-0.39, 0.29) is 24.0 Å². The number of hydrogen-bond acceptors (Lipinski definition) is 3. The molecule has 6 heteroatoms. The van der Waals surface area contributed by atoms with Crippen LogP contribution in [0.25, 0.3) is 0 Å². The molecule has 2 N–H and O–H groups in total. The zero-order valence-electron chi connectivity index (χ0n) is 15.2. The molecule has 0 saturated carbocycles. The van der Waals surface area contributed by atoms with Crippen molar-refractivity contribution < 1.29 is 4.74 Å². The van der Waals surface area contributed by atoms with E-state index in [0.29, 0.717) is 6.61 Å². The number of aryl methyl sites for hydroxylation is 1. The van der Waals surface area contributed by atoms with Gasteiger partial charge in [-0.3, -0.25) is 4.99 Å². The molecule has 0 saturated heterocycles. The van der Waals surface area contributed by atoms with Crippen LogP contribution in [0.3, 0.4) is 0 Å². The molecule has 1 aromatic heterocycles. The molecule has 0 radical (unpaired) electrons. The van der Waals surface area contributed by atoms with E-state index in [1.165, 1.54) is 20.9 Å². The Hall–Kier alpha value is -1.12. The largest absolute Gasteiger partial charge is 0.377 e. The highest BCUT2D eigenvalue weighted by molar-refractivity contribution is 14.0. The van der Waals surface area contributed by atoms with Crippen molar-refractivity contribution in [2.24, 2.45) is 4.99 Å². The highest BCUT2D eigenvalue weighted by Crippen LogP contribution is 2.14. The number of ether oxygens (including phenoxy) is 1. The topological polar surface area (TPSA) is 45.6 Å². The summed E-state index contributed by atoms with van der Waals surface area (Å²) in [6.07, 6.45) is 1.04. The van der Waals surface area contributed by atoms with Crippen molar-refractivity contribution in [3.63, 3.8) is 0 Å². The van der Waals surface area contributed by atoms with Crippen LogP contribution in [-0.2, 0) is 24.4 Å². The third kappa shape index (κ3) is 7.75. The van der Waals surface area contributed by atoms with E-state index in [2.05, 4.69) is 65.9 Å². The summed E-state index contributed by atoms with van der Waals surface area (Å²) < 4.78 is 5.68. The number of guanidine groups is 1. The first-order chi connectivity index (χ1) is 11.7. The van der Waals surface area contributed by atoms with Gasteiger partial charge in [-0.25, -0.2) is 0 Å². The number of benzene rings is 1. The van der Waals surface area contributed by atoms with Crippen LogP contribution in [0.1, 0.15) is 34.2 Å². The molecule has 1 heterocycles. The molecule has 0 aliphatic heterocycles. The maximum atomic E-state index is 5.68. The molecule has 2 aromatic rings. The molecule has 0 spiro atoms. The van der Waals surface area contributed by atoms with Crippen LogP contribution in [0.15, 0.2) is 41.4 Å². The summed E-state index contributed by atoms with van der Waals surface area (Å²) >= 11 is 1.81. The van der Waals surface area contributed by atoms with Gasteiger partial charge in [0.25, 0.3) is 0 Å². The second-order valence-corrected chi connectivity index (χ2v) is 6.99. The van der Waals surface area contributed by atoms with Crippen molar-refractivity contribution in [3.05, 3.63) is 57.3 Å². The van der Waals surface area contributed by atoms with Gasteiger partial charge in [-0.05, 0) is 36.6 Å². The summed E-state index contributed by atoms with van der Waals surface area (Å²) in [5, 5.41) is 6.74. The third-order valence-corrected chi connectivity index (χ3v) is 4.62. The highest BCUT2D eigenvalue weighted by atomic mass is 127. The summed E-state index contributed by atoms with van der Waals surface area (Å²) in [6, 6.07) is 12.7. The number of thiophene rings is 1. The van der Waals surface area contributed by atoms with Crippen LogP contribution in [0.4, 0.5) is 0 Å². The van der Waals surface area contributed by atoms with Gasteiger partial charge in [-0.15, -0.1) is 35.3 Å². The summed E-state index contributed by atoms with van der Waals surface area (Å²) in [6.45, 7) is 7.22. The quantitative estimate of drug-likeness (QED) is 0.258. The molecular formula is C19H28IN3OS. The number of rotatable bonds is 8. The Bertz CT molecular complexity index is 658. The molecule has 0 unspecified atom stereocenters. The van der Waals surface area contributed by atoms with Crippen molar-refractivity contribution in [1.82, 2.24) is 10.6 Å². The van der Waals surface area contributed by atoms with E-state index in [1.807, 2.05) is 0 Å². The Morgan fingerprint density at radius 2 is 1.80 bits per heavy atom. The predicted molar refractivity (Wildman–Crippen MR) is 118 cm³/mol. The maximum Gasteiger partial charge on any atom is 0.191 e. The van der Waals surface area contributed by atoms with Gasteiger partial charge in [0.05, 0.1) is 13.2 Å². The van der Waals surface area contributed by atoms with Gasteiger partial charge in [0.2, 0.25) is 0 Å². The number of hydrogen-bond donors (Lipinski definition) is 2. The zero-order chi connectivity index (χ0) is 17.2. The third-order valence-electron chi connectivity index (χ3n) is 3.62. The Morgan fingerprint density at radius 1 is 1.08 bits per heavy atom. The van der Waals surface area contributed by atoms with Crippen LogP contribution in [-0.4, -0.2) is 19.6 Å². The molecule has 25 heavy (non-hydrogen) atoms. The highest BCUT2D eigenvalue weighted by Gasteiger charge is 2.04. The molecule has 0 amide bonds. The lowest BCUT2D eigenvalue weighted by Crippen LogP contribution is -2.36. The summed E-state index contributed by atoms with van der Waals surface area (Å²) in [5.41, 5.74) is 2.46. The fourth-order valence-corrected chi connectivity index (χ4v) is 3.18. The van der Waals surface area contributed by atoms with Gasteiger partial charge in [0.1, 0.15) is 0 Å². The minimum Gasteiger partial charge on any atom is -0.377 e. The second-order valence-electron chi connectivity index (χ2n) is 5.61. The van der Waals surface area contributed by atoms with E-state index in [9.17, 15) is 0 Å². The van der Waals surface area contributed by atoms with E-state index < -0.39 is 0 Å². The smallest absolute Gasteiger partial charge is 0.191 e. The standard InChI is InChI=1S/C19H27N3OS.HI/c1-4-11-23-14-17-8-6-5-7-16(17)12-21-19(20-3)22-13-18-10-9-15(2)24-18;/h5-10H,4,11-14H2,1-3H3,(H2,20,21,22);1H. The number of halogens is 1. The van der Waals surface area contributed by atoms with Gasteiger partial charge in [-0.1, -0.05) is 31.2 Å². The van der Waals surface area contributed by atoms with Gasteiger partial charge in [0, 0.05) is 30.0 Å². The first-order valence-corrected chi connectivity index (χ1v) is 9.19. The SMILES string of the molecule is CCCOCc1ccccc1CNC(=NC)NCc1ccc(C)s1.I. The molecular weight excluding hydrogens is 445 g/mol. The maximum absolute atomic E-state index is 5.68. The van der Waals surface area contributed by atoms with E-state index in [0.717, 1.165) is 32.1 Å². The van der Waals surface area contributed by atoms with Crippen molar-refractivity contribution in [1.29, 1.82) is 0 Å². The fourth-order valence-electron chi connectivity index (χ4n) is 2.35.